The van der Waals surface area contributed by atoms with Crippen molar-refractivity contribution in [1.29, 1.82) is 0 Å². The van der Waals surface area contributed by atoms with E-state index < -0.39 is 0 Å². The van der Waals surface area contributed by atoms with Gasteiger partial charge in [-0.05, 0) is 19.2 Å². The topological polar surface area (TPSA) is 47.3 Å². The van der Waals surface area contributed by atoms with Gasteiger partial charge in [0.1, 0.15) is 0 Å². The smallest absolute Gasteiger partial charge is 0.162 e. The zero-order valence-electron chi connectivity index (χ0n) is 6.95. The molecule has 0 saturated heterocycles. The van der Waals surface area contributed by atoms with Crippen molar-refractivity contribution in [2.75, 3.05) is 7.05 Å². The second-order valence-electron chi connectivity index (χ2n) is 2.09. The van der Waals surface area contributed by atoms with E-state index in [1.165, 1.54) is 7.05 Å². The number of benzene rings is 1. The number of hydrogen-bond donors (Lipinski definition) is 2. The number of hydrogen-bond acceptors (Lipinski definition) is 3. The molecule has 0 atom stereocenters. The third-order valence-electron chi connectivity index (χ3n) is 1.42. The van der Waals surface area contributed by atoms with E-state index in [1.807, 2.05) is 30.3 Å². The van der Waals surface area contributed by atoms with E-state index >= 15 is 0 Å². The first-order valence-corrected chi connectivity index (χ1v) is 3.72. The molecule has 1 heterocycles. The van der Waals surface area contributed by atoms with Crippen LogP contribution in [-0.4, -0.2) is 7.05 Å². The summed E-state index contributed by atoms with van der Waals surface area (Å²) in [6, 6.07) is 7.86. The molecule has 3 heteroatoms. The molecule has 1 aliphatic heterocycles. The molecule has 2 rings (SSSR count). The number of hydroxylamine groups is 1. The lowest BCUT2D eigenvalue weighted by Gasteiger charge is -2.11. The minimum atomic E-state index is 0.880. The maximum atomic E-state index is 5.09. The second kappa shape index (κ2) is 4.41. The normalized spacial score (nSPS) is 11.5. The van der Waals surface area contributed by atoms with Gasteiger partial charge in [0.05, 0.1) is 0 Å². The molecule has 0 amide bonds. The van der Waals surface area contributed by atoms with Gasteiger partial charge >= 0.3 is 0 Å². The lowest BCUT2D eigenvalue weighted by molar-refractivity contribution is 0.239. The van der Waals surface area contributed by atoms with E-state index in [1.54, 1.807) is 6.20 Å². The van der Waals surface area contributed by atoms with Crippen LogP contribution in [0.25, 0.3) is 6.08 Å². The van der Waals surface area contributed by atoms with E-state index in [0.717, 1.165) is 11.3 Å². The highest BCUT2D eigenvalue weighted by Gasteiger charge is 2.01. The summed E-state index contributed by atoms with van der Waals surface area (Å²) in [5.41, 5.74) is 8.27. The molecular formula is C9H12N2O. The Kier molecular flexibility index (Phi) is 3.17. The summed E-state index contributed by atoms with van der Waals surface area (Å²) in [6.07, 6.45) is 3.74. The zero-order valence-corrected chi connectivity index (χ0v) is 6.95. The summed E-state index contributed by atoms with van der Waals surface area (Å²) in [5, 5.41) is 0. The van der Waals surface area contributed by atoms with Gasteiger partial charge in [0, 0.05) is 11.8 Å². The maximum Gasteiger partial charge on any atom is 0.162 e. The van der Waals surface area contributed by atoms with E-state index in [2.05, 4.69) is 11.2 Å². The molecule has 0 fully saturated rings. The van der Waals surface area contributed by atoms with E-state index in [4.69, 9.17) is 4.84 Å². The summed E-state index contributed by atoms with van der Waals surface area (Å²) >= 11 is 0. The van der Waals surface area contributed by atoms with Gasteiger partial charge in [0.25, 0.3) is 0 Å². The largest absolute Gasteiger partial charge is 0.382 e. The number of fused-ring (bicyclic) bond motifs is 1. The molecule has 0 saturated carbocycles. The molecule has 0 unspecified atom stereocenters. The molecule has 3 nitrogen and oxygen atoms in total. The monoisotopic (exact) mass is 164 g/mol. The Bertz CT molecular complexity index is 271. The van der Waals surface area contributed by atoms with Crippen LogP contribution in [0.2, 0.25) is 0 Å². The fourth-order valence-corrected chi connectivity index (χ4v) is 0.932. The fraction of sp³-hybridized carbons (Fsp3) is 0.111. The lowest BCUT2D eigenvalue weighted by atomic mass is 10.2. The molecule has 0 spiro atoms. The van der Waals surface area contributed by atoms with Crippen molar-refractivity contribution in [1.82, 2.24) is 5.48 Å². The van der Waals surface area contributed by atoms with Crippen molar-refractivity contribution in [3.63, 3.8) is 0 Å². The van der Waals surface area contributed by atoms with Crippen molar-refractivity contribution >= 4 is 6.08 Å². The van der Waals surface area contributed by atoms with Crippen molar-refractivity contribution in [3.8, 4) is 5.75 Å². The van der Waals surface area contributed by atoms with Crippen molar-refractivity contribution in [2.45, 2.75) is 0 Å². The third kappa shape index (κ3) is 1.77. The van der Waals surface area contributed by atoms with Crippen LogP contribution in [-0.2, 0) is 0 Å². The Labute approximate surface area is 71.8 Å². The first-order valence-electron chi connectivity index (χ1n) is 3.72. The molecule has 0 radical (unpaired) electrons. The zero-order chi connectivity index (χ0) is 8.81. The number of nitrogens with one attached hydrogen (secondary N) is 1. The Morgan fingerprint density at radius 1 is 1.25 bits per heavy atom. The summed E-state index contributed by atoms with van der Waals surface area (Å²) in [6.45, 7) is 0. The third-order valence-corrected chi connectivity index (χ3v) is 1.42. The summed E-state index contributed by atoms with van der Waals surface area (Å²) < 4.78 is 0. The van der Waals surface area contributed by atoms with Gasteiger partial charge in [0.15, 0.2) is 5.75 Å². The lowest BCUT2D eigenvalue weighted by Crippen LogP contribution is -2.13. The first kappa shape index (κ1) is 8.62. The molecule has 1 aliphatic rings. The van der Waals surface area contributed by atoms with Crippen LogP contribution < -0.4 is 16.1 Å². The molecular weight excluding hydrogens is 152 g/mol. The van der Waals surface area contributed by atoms with Gasteiger partial charge in [-0.2, -0.15) is 0 Å². The number of nitrogens with two attached hydrogens (primary N) is 1. The average molecular weight is 164 g/mol. The Morgan fingerprint density at radius 2 is 2.00 bits per heavy atom. The van der Waals surface area contributed by atoms with Gasteiger partial charge < -0.3 is 10.6 Å². The van der Waals surface area contributed by atoms with Crippen LogP contribution in [0.4, 0.5) is 0 Å². The first-order chi connectivity index (χ1) is 5.97. The molecule has 12 heavy (non-hydrogen) atoms. The summed E-state index contributed by atoms with van der Waals surface area (Å²) in [4.78, 5) is 5.09. The van der Waals surface area contributed by atoms with Crippen LogP contribution in [0.15, 0.2) is 30.5 Å². The predicted molar refractivity (Wildman–Crippen MR) is 49.4 cm³/mol. The highest BCUT2D eigenvalue weighted by molar-refractivity contribution is 5.57. The standard InChI is InChI=1S/C8H7NO.CH5N/c1-2-4-8-7(3-1)5-6-9-10-8;1-2/h1-6,9H;2H2,1H3. The van der Waals surface area contributed by atoms with Gasteiger partial charge in [-0.25, -0.2) is 5.48 Å². The molecule has 0 aliphatic carbocycles. The quantitative estimate of drug-likeness (QED) is 0.604. The van der Waals surface area contributed by atoms with Crippen LogP contribution in [0.1, 0.15) is 5.56 Å². The van der Waals surface area contributed by atoms with Crippen LogP contribution in [0, 0.1) is 0 Å². The van der Waals surface area contributed by atoms with Crippen molar-refractivity contribution < 1.29 is 4.84 Å². The van der Waals surface area contributed by atoms with Gasteiger partial charge in [-0.15, -0.1) is 0 Å². The Morgan fingerprint density at radius 3 is 2.75 bits per heavy atom. The maximum absolute atomic E-state index is 5.09. The van der Waals surface area contributed by atoms with E-state index in [0.29, 0.717) is 0 Å². The molecule has 0 bridgehead atoms. The summed E-state index contributed by atoms with van der Waals surface area (Å²) in [7, 11) is 1.50. The fourth-order valence-electron chi connectivity index (χ4n) is 0.932. The van der Waals surface area contributed by atoms with E-state index in [9.17, 15) is 0 Å². The van der Waals surface area contributed by atoms with Gasteiger partial charge in [-0.3, -0.25) is 0 Å². The van der Waals surface area contributed by atoms with Crippen molar-refractivity contribution in [2.24, 2.45) is 5.73 Å². The Balaban J connectivity index is 0.000000336. The van der Waals surface area contributed by atoms with Crippen LogP contribution >= 0.6 is 0 Å². The minimum absolute atomic E-state index is 0.880. The predicted octanol–water partition coefficient (Wildman–Crippen LogP) is 1.13. The van der Waals surface area contributed by atoms with Crippen LogP contribution in [0.5, 0.6) is 5.75 Å². The molecule has 64 valence electrons. The number of para-hydroxylation sites is 1. The summed E-state index contributed by atoms with van der Waals surface area (Å²) in [5.74, 6) is 0.880. The van der Waals surface area contributed by atoms with Crippen molar-refractivity contribution in [3.05, 3.63) is 36.0 Å². The SMILES string of the molecule is C1=Cc2ccccc2ON1.CN. The van der Waals surface area contributed by atoms with Gasteiger partial charge in [0.2, 0.25) is 0 Å². The molecule has 1 aromatic rings. The number of rotatable bonds is 0. The minimum Gasteiger partial charge on any atom is -0.382 e. The average Bonchev–Trinajstić information content (AvgIpc) is 2.21. The second-order valence-corrected chi connectivity index (χ2v) is 2.09. The van der Waals surface area contributed by atoms with E-state index in [-0.39, 0.29) is 0 Å². The molecule has 0 aromatic heterocycles. The Hall–Kier alpha value is -1.48. The highest BCUT2D eigenvalue weighted by atomic mass is 16.6. The molecule has 3 N–H and O–H groups in total. The van der Waals surface area contributed by atoms with Gasteiger partial charge in [-0.1, -0.05) is 18.2 Å². The van der Waals surface area contributed by atoms with Crippen LogP contribution in [0.3, 0.4) is 0 Å². The molecule has 1 aromatic carbocycles. The highest BCUT2D eigenvalue weighted by Crippen LogP contribution is 2.20.